The molecule has 10 nitrogen and oxygen atoms in total. The molecule has 0 fully saturated rings. The van der Waals surface area contributed by atoms with Crippen LogP contribution in [0.5, 0.6) is 0 Å². The van der Waals surface area contributed by atoms with Gasteiger partial charge in [-0.3, -0.25) is 19.2 Å². The Hall–Kier alpha value is -6.52. The number of anilines is 2. The van der Waals surface area contributed by atoms with Crippen LogP contribution in [0.1, 0.15) is 31.8 Å². The minimum absolute atomic E-state index is 0.0498. The Labute approximate surface area is 336 Å². The molecule has 4 amide bonds. The monoisotopic (exact) mass is 824 g/mol. The van der Waals surface area contributed by atoms with Crippen LogP contribution < -0.4 is 20.4 Å². The molecule has 0 unspecified atom stereocenters. The van der Waals surface area contributed by atoms with E-state index in [-0.39, 0.29) is 35.1 Å². The van der Waals surface area contributed by atoms with Gasteiger partial charge in [0.2, 0.25) is 11.8 Å². The number of amides is 4. The fraction of sp³-hybridized carbons (Fsp3) is 0.143. The maximum atomic E-state index is 14.2. The summed E-state index contributed by atoms with van der Waals surface area (Å²) in [6.07, 6.45) is -0.563. The number of nitrogens with one attached hydrogen (secondary N) is 2. The number of aromatic nitrogens is 2. The van der Waals surface area contributed by atoms with Gasteiger partial charge in [0.15, 0.2) is 0 Å². The molecule has 7 aromatic rings. The molecule has 0 spiro atoms. The normalized spacial score (nSPS) is 12.2. The lowest BCUT2D eigenvalue weighted by Crippen LogP contribution is -2.49. The molecule has 16 heteroatoms. The molecule has 294 valence electrons. The van der Waals surface area contributed by atoms with Gasteiger partial charge < -0.3 is 20.4 Å². The summed E-state index contributed by atoms with van der Waals surface area (Å²) in [6.45, 7) is 0. The first kappa shape index (κ1) is 39.7. The Morgan fingerprint density at radius 1 is 0.569 bits per heavy atom. The molecule has 7 rings (SSSR count). The van der Waals surface area contributed by atoms with Crippen molar-refractivity contribution < 1.29 is 36.7 Å². The average Bonchev–Trinajstić information content (AvgIpc) is 3.88. The molecule has 0 aliphatic rings. The maximum absolute atomic E-state index is 14.2. The summed E-state index contributed by atoms with van der Waals surface area (Å²) >= 11 is 2.85. The summed E-state index contributed by atoms with van der Waals surface area (Å²) in [5, 5.41) is 5.32. The number of likely N-dealkylation sites (N-methyl/N-ethyl adjacent to an activating group) is 2. The van der Waals surface area contributed by atoms with Crippen LogP contribution in [-0.2, 0) is 22.4 Å². The number of halogens is 4. The van der Waals surface area contributed by atoms with E-state index in [1.807, 2.05) is 0 Å². The van der Waals surface area contributed by atoms with Crippen LogP contribution >= 0.6 is 22.7 Å². The Bertz CT molecular complexity index is 2490. The number of carbonyl (C=O) groups is 4. The summed E-state index contributed by atoms with van der Waals surface area (Å²) in [6, 6.07) is 18.9. The van der Waals surface area contributed by atoms with Gasteiger partial charge in [-0.25, -0.2) is 27.5 Å². The quantitative estimate of drug-likeness (QED) is 0.123. The third-order valence-corrected chi connectivity index (χ3v) is 11.0. The van der Waals surface area contributed by atoms with Gasteiger partial charge in [0, 0.05) is 61.6 Å². The number of benzene rings is 5. The van der Waals surface area contributed by atoms with Crippen molar-refractivity contribution in [2.75, 3.05) is 23.9 Å². The molecule has 2 atom stereocenters. The van der Waals surface area contributed by atoms with Gasteiger partial charge >= 0.3 is 0 Å². The largest absolute Gasteiger partial charge is 0.340 e. The van der Waals surface area contributed by atoms with Gasteiger partial charge in [-0.15, -0.1) is 22.7 Å². The topological polar surface area (TPSA) is 125 Å². The van der Waals surface area contributed by atoms with Crippen molar-refractivity contribution in [3.8, 4) is 0 Å². The van der Waals surface area contributed by atoms with Crippen molar-refractivity contribution in [1.82, 2.24) is 20.6 Å². The zero-order valence-corrected chi connectivity index (χ0v) is 32.3. The van der Waals surface area contributed by atoms with Crippen molar-refractivity contribution in [1.29, 1.82) is 0 Å². The lowest BCUT2D eigenvalue weighted by molar-refractivity contribution is -0.120. The van der Waals surface area contributed by atoms with Crippen molar-refractivity contribution in [2.24, 2.45) is 0 Å². The first-order valence-corrected chi connectivity index (χ1v) is 19.4. The summed E-state index contributed by atoms with van der Waals surface area (Å²) in [4.78, 5) is 66.8. The zero-order chi connectivity index (χ0) is 41.1. The molecule has 0 aliphatic carbocycles. The van der Waals surface area contributed by atoms with E-state index >= 15 is 0 Å². The smallest absolute Gasteiger partial charge is 0.251 e. The van der Waals surface area contributed by atoms with E-state index in [0.29, 0.717) is 34.5 Å². The highest BCUT2D eigenvalue weighted by molar-refractivity contribution is 7.17. The molecule has 2 N–H and O–H groups in total. The number of hydrogen-bond acceptors (Lipinski definition) is 8. The summed E-state index contributed by atoms with van der Waals surface area (Å²) < 4.78 is 58.7. The van der Waals surface area contributed by atoms with Gasteiger partial charge in [-0.2, -0.15) is 0 Å². The molecule has 2 aromatic heterocycles. The number of thiazole rings is 2. The van der Waals surface area contributed by atoms with E-state index in [0.717, 1.165) is 33.7 Å². The van der Waals surface area contributed by atoms with E-state index < -0.39 is 59.0 Å². The van der Waals surface area contributed by atoms with Crippen LogP contribution in [0, 0.1) is 23.3 Å². The highest BCUT2D eigenvalue weighted by Gasteiger charge is 2.29. The molecule has 2 heterocycles. The lowest BCUT2D eigenvalue weighted by atomic mass is 10.0. The minimum atomic E-state index is -1.32. The third kappa shape index (κ3) is 9.03. The van der Waals surface area contributed by atoms with Gasteiger partial charge in [0.1, 0.15) is 35.4 Å². The fourth-order valence-corrected chi connectivity index (χ4v) is 7.76. The second kappa shape index (κ2) is 16.9. The predicted molar refractivity (Wildman–Crippen MR) is 215 cm³/mol. The van der Waals surface area contributed by atoms with Crippen molar-refractivity contribution >= 4 is 78.1 Å². The lowest BCUT2D eigenvalue weighted by Gasteiger charge is -2.25. The van der Waals surface area contributed by atoms with Crippen LogP contribution in [0.25, 0.3) is 20.4 Å². The standard InChI is InChI=1S/C42H32F4N6O4S2/c1-51(31-6-8-37-33(19-31)47-21-57-37)41(55)35(14-23-10-27(43)17-28(44)11-23)49-39(53)25-4-3-5-26(16-25)40(54)50-36(15-24-12-29(45)18-30(46)13-24)42(56)52(2)32-7-9-38-34(20-32)48-22-58-38/h3-13,16-22,35-36H,14-15H2,1-2H3,(H,49,53)(H,50,54)/t35-,36-/m0/s1. The summed E-state index contributed by atoms with van der Waals surface area (Å²) in [5.74, 6) is -6.22. The predicted octanol–water partition coefficient (Wildman–Crippen LogP) is 7.47. The maximum Gasteiger partial charge on any atom is 0.251 e. The van der Waals surface area contributed by atoms with E-state index in [1.165, 1.54) is 70.8 Å². The van der Waals surface area contributed by atoms with Gasteiger partial charge in [0.25, 0.3) is 11.8 Å². The molecule has 0 aliphatic heterocycles. The molecule has 0 saturated carbocycles. The van der Waals surface area contributed by atoms with E-state index in [1.54, 1.807) is 47.4 Å². The van der Waals surface area contributed by atoms with Crippen LogP contribution in [0.3, 0.4) is 0 Å². The molecule has 58 heavy (non-hydrogen) atoms. The molecule has 0 radical (unpaired) electrons. The number of fused-ring (bicyclic) bond motifs is 2. The molecular weight excluding hydrogens is 793 g/mol. The van der Waals surface area contributed by atoms with Crippen LogP contribution in [0.15, 0.2) is 108 Å². The van der Waals surface area contributed by atoms with Gasteiger partial charge in [-0.1, -0.05) is 6.07 Å². The molecule has 5 aromatic carbocycles. The Kier molecular flexibility index (Phi) is 11.6. The Morgan fingerprint density at radius 2 is 0.966 bits per heavy atom. The van der Waals surface area contributed by atoms with Crippen molar-refractivity contribution in [3.05, 3.63) is 154 Å². The minimum Gasteiger partial charge on any atom is -0.340 e. The second-order valence-corrected chi connectivity index (χ2v) is 15.2. The van der Waals surface area contributed by atoms with E-state index in [2.05, 4.69) is 20.6 Å². The molecule has 0 bridgehead atoms. The second-order valence-electron chi connectivity index (χ2n) is 13.4. The van der Waals surface area contributed by atoms with Crippen LogP contribution in [0.4, 0.5) is 28.9 Å². The fourth-order valence-electron chi connectivity index (χ4n) is 6.45. The summed E-state index contributed by atoms with van der Waals surface area (Å²) in [5.41, 5.74) is 5.68. The zero-order valence-electron chi connectivity index (χ0n) is 30.7. The average molecular weight is 825 g/mol. The van der Waals surface area contributed by atoms with Crippen LogP contribution in [0.2, 0.25) is 0 Å². The Morgan fingerprint density at radius 3 is 1.36 bits per heavy atom. The van der Waals surface area contributed by atoms with Crippen molar-refractivity contribution in [2.45, 2.75) is 24.9 Å². The SMILES string of the molecule is CN(C(=O)[C@H](Cc1cc(F)cc(F)c1)NC(=O)c1cccc(C(=O)N[C@@H](Cc2cc(F)cc(F)c2)C(=O)N(C)c2ccc3scnc3c2)c1)c1ccc2scnc2c1. The Balaban J connectivity index is 1.13. The number of nitrogens with zero attached hydrogens (tertiary/aromatic N) is 4. The first-order valence-electron chi connectivity index (χ1n) is 17.6. The van der Waals surface area contributed by atoms with E-state index in [9.17, 15) is 36.7 Å². The highest BCUT2D eigenvalue weighted by atomic mass is 32.1. The highest BCUT2D eigenvalue weighted by Crippen LogP contribution is 2.26. The molecular formula is C42H32F4N6O4S2. The first-order chi connectivity index (χ1) is 27.8. The van der Waals surface area contributed by atoms with Crippen molar-refractivity contribution in [3.63, 3.8) is 0 Å². The third-order valence-electron chi connectivity index (χ3n) is 9.38. The summed E-state index contributed by atoms with van der Waals surface area (Å²) in [7, 11) is 2.99. The van der Waals surface area contributed by atoms with Gasteiger partial charge in [0.05, 0.1) is 31.5 Å². The number of hydrogen-bond donors (Lipinski definition) is 2. The van der Waals surface area contributed by atoms with E-state index in [4.69, 9.17) is 0 Å². The molecule has 0 saturated heterocycles. The van der Waals surface area contributed by atoms with Crippen LogP contribution in [-0.4, -0.2) is 59.8 Å². The number of carbonyl (C=O) groups excluding carboxylic acids is 4. The van der Waals surface area contributed by atoms with Gasteiger partial charge in [-0.05, 0) is 90.0 Å². The number of rotatable bonds is 12.